The smallest absolute Gasteiger partial charge is 0.443 e. The Morgan fingerprint density at radius 3 is 1.32 bits per heavy atom. The summed E-state index contributed by atoms with van der Waals surface area (Å²) in [6.45, 7) is 12.5. The van der Waals surface area contributed by atoms with Crippen LogP contribution in [0.3, 0.4) is 0 Å². The standard InChI is InChI=1S/C18H22OSi2.Pt/c1-5-20(3,17-13-9-7-10-14-17)19-21(4,6-2)18-15-11-8-12-16-18;/h5-16H,1-2H2,3-4H3;/q;+2. The Hall–Kier alpha value is -0.998. The molecule has 0 aliphatic heterocycles. The second-order valence-corrected chi connectivity index (χ2v) is 12.7. The van der Waals surface area contributed by atoms with Crippen LogP contribution in [0, 0.1) is 0 Å². The van der Waals surface area contributed by atoms with Crippen LogP contribution < -0.4 is 10.4 Å². The first-order valence-electron chi connectivity index (χ1n) is 7.12. The summed E-state index contributed by atoms with van der Waals surface area (Å²) in [5.74, 6) is 0. The van der Waals surface area contributed by atoms with Gasteiger partial charge in [0.1, 0.15) is 0 Å². The second kappa shape index (κ2) is 8.02. The fourth-order valence-electron chi connectivity index (χ4n) is 2.42. The molecule has 2 rings (SSSR count). The van der Waals surface area contributed by atoms with Crippen LogP contribution in [0.1, 0.15) is 0 Å². The first kappa shape index (κ1) is 19.0. The molecule has 0 spiro atoms. The molecule has 0 saturated carbocycles. The van der Waals surface area contributed by atoms with Gasteiger partial charge < -0.3 is 4.12 Å². The molecule has 0 aliphatic carbocycles. The minimum absolute atomic E-state index is 0. The van der Waals surface area contributed by atoms with Gasteiger partial charge in [-0.2, -0.15) is 0 Å². The Morgan fingerprint density at radius 2 is 1.05 bits per heavy atom. The van der Waals surface area contributed by atoms with Crippen molar-refractivity contribution in [3.05, 3.63) is 85.2 Å². The number of hydrogen-bond donors (Lipinski definition) is 0. The van der Waals surface area contributed by atoms with E-state index in [2.05, 4.69) is 74.8 Å². The predicted molar refractivity (Wildman–Crippen MR) is 96.9 cm³/mol. The molecule has 0 bridgehead atoms. The first-order chi connectivity index (χ1) is 10.0. The fourth-order valence-corrected chi connectivity index (χ4v) is 9.73. The van der Waals surface area contributed by atoms with Gasteiger partial charge >= 0.3 is 21.1 Å². The van der Waals surface area contributed by atoms with E-state index in [4.69, 9.17) is 4.12 Å². The van der Waals surface area contributed by atoms with E-state index in [0.717, 1.165) is 0 Å². The van der Waals surface area contributed by atoms with Gasteiger partial charge in [-0.1, -0.05) is 72.1 Å². The number of hydrogen-bond acceptors (Lipinski definition) is 1. The maximum Gasteiger partial charge on any atom is 2.00 e. The molecule has 2 aromatic carbocycles. The molecule has 22 heavy (non-hydrogen) atoms. The van der Waals surface area contributed by atoms with Crippen molar-refractivity contribution in [1.82, 2.24) is 0 Å². The topological polar surface area (TPSA) is 9.23 Å². The average molecular weight is 506 g/mol. The van der Waals surface area contributed by atoms with Crippen molar-refractivity contribution in [3.8, 4) is 0 Å². The van der Waals surface area contributed by atoms with Gasteiger partial charge in [-0.15, -0.1) is 13.2 Å². The molecule has 0 heterocycles. The van der Waals surface area contributed by atoms with Gasteiger partial charge in [0.05, 0.1) is 0 Å². The van der Waals surface area contributed by atoms with Crippen LogP contribution in [0.4, 0.5) is 0 Å². The molecule has 0 fully saturated rings. The van der Waals surface area contributed by atoms with E-state index >= 15 is 0 Å². The summed E-state index contributed by atoms with van der Waals surface area (Å²) in [7, 11) is -4.37. The molecule has 2 unspecified atom stereocenters. The molecule has 0 amide bonds. The van der Waals surface area contributed by atoms with Crippen molar-refractivity contribution in [1.29, 1.82) is 0 Å². The molecule has 0 aliphatic rings. The van der Waals surface area contributed by atoms with E-state index in [1.54, 1.807) is 0 Å². The Kier molecular flexibility index (Phi) is 6.95. The zero-order chi connectivity index (χ0) is 15.3. The van der Waals surface area contributed by atoms with Crippen LogP contribution in [0.5, 0.6) is 0 Å². The van der Waals surface area contributed by atoms with Crippen LogP contribution in [-0.2, 0) is 25.2 Å². The molecule has 0 radical (unpaired) electrons. The third kappa shape index (κ3) is 4.05. The van der Waals surface area contributed by atoms with Crippen molar-refractivity contribution in [2.75, 3.05) is 0 Å². The van der Waals surface area contributed by atoms with Crippen molar-refractivity contribution in [2.45, 2.75) is 13.1 Å². The van der Waals surface area contributed by atoms with Crippen LogP contribution >= 0.6 is 0 Å². The molecule has 0 saturated heterocycles. The van der Waals surface area contributed by atoms with E-state index in [1.165, 1.54) is 10.4 Å². The van der Waals surface area contributed by atoms with E-state index in [0.29, 0.717) is 0 Å². The van der Waals surface area contributed by atoms with Crippen LogP contribution in [0.15, 0.2) is 85.2 Å². The Bertz CT molecular complexity index is 562. The summed E-state index contributed by atoms with van der Waals surface area (Å²) >= 11 is 0. The Labute approximate surface area is 150 Å². The quantitative estimate of drug-likeness (QED) is 0.547. The van der Waals surface area contributed by atoms with Crippen LogP contribution in [-0.4, -0.2) is 16.6 Å². The zero-order valence-electron chi connectivity index (χ0n) is 13.1. The molecular weight excluding hydrogens is 483 g/mol. The molecular formula is C18H22OPtSi2+2. The van der Waals surface area contributed by atoms with Crippen LogP contribution in [0.2, 0.25) is 13.1 Å². The molecule has 2 atom stereocenters. The monoisotopic (exact) mass is 505 g/mol. The van der Waals surface area contributed by atoms with E-state index in [9.17, 15) is 0 Å². The molecule has 2 aromatic rings. The van der Waals surface area contributed by atoms with Gasteiger partial charge in [-0.25, -0.2) is 0 Å². The number of benzene rings is 2. The summed E-state index contributed by atoms with van der Waals surface area (Å²) < 4.78 is 6.74. The Morgan fingerprint density at radius 1 is 0.727 bits per heavy atom. The third-order valence-corrected chi connectivity index (χ3v) is 11.8. The third-order valence-electron chi connectivity index (χ3n) is 3.90. The van der Waals surface area contributed by atoms with E-state index < -0.39 is 16.6 Å². The largest absolute Gasteiger partial charge is 2.00 e. The zero-order valence-corrected chi connectivity index (χ0v) is 17.3. The van der Waals surface area contributed by atoms with E-state index in [1.807, 2.05) is 23.5 Å². The van der Waals surface area contributed by atoms with Crippen molar-refractivity contribution >= 4 is 27.0 Å². The molecule has 4 heteroatoms. The summed E-state index contributed by atoms with van der Waals surface area (Å²) in [5, 5.41) is 2.49. The Balaban J connectivity index is 0.00000242. The van der Waals surface area contributed by atoms with Crippen molar-refractivity contribution < 1.29 is 25.2 Å². The maximum absolute atomic E-state index is 6.74. The molecule has 0 aromatic heterocycles. The second-order valence-electron chi connectivity index (χ2n) is 5.46. The maximum atomic E-state index is 6.74. The summed E-state index contributed by atoms with van der Waals surface area (Å²) in [6.07, 6.45) is 0. The summed E-state index contributed by atoms with van der Waals surface area (Å²) in [6, 6.07) is 20.8. The van der Waals surface area contributed by atoms with Gasteiger partial charge in [0, 0.05) is 0 Å². The molecule has 0 N–H and O–H groups in total. The number of rotatable bonds is 6. The van der Waals surface area contributed by atoms with Crippen LogP contribution in [0.25, 0.3) is 0 Å². The normalized spacial score (nSPS) is 15.7. The summed E-state index contributed by atoms with van der Waals surface area (Å²) in [5.41, 5.74) is 4.03. The van der Waals surface area contributed by atoms with Crippen molar-refractivity contribution in [3.63, 3.8) is 0 Å². The van der Waals surface area contributed by atoms with Gasteiger partial charge in [0.25, 0.3) is 0 Å². The minimum atomic E-state index is -2.18. The summed E-state index contributed by atoms with van der Waals surface area (Å²) in [4.78, 5) is 0. The minimum Gasteiger partial charge on any atom is -0.443 e. The van der Waals surface area contributed by atoms with E-state index in [-0.39, 0.29) is 21.1 Å². The van der Waals surface area contributed by atoms with Gasteiger partial charge in [-0.3, -0.25) is 0 Å². The molecule has 1 nitrogen and oxygen atoms in total. The first-order valence-corrected chi connectivity index (χ1v) is 12.1. The average Bonchev–Trinajstić information content (AvgIpc) is 2.56. The fraction of sp³-hybridized carbons (Fsp3) is 0.111. The molecule has 116 valence electrons. The van der Waals surface area contributed by atoms with Gasteiger partial charge in [-0.05, 0) is 23.5 Å². The van der Waals surface area contributed by atoms with Crippen molar-refractivity contribution in [2.24, 2.45) is 0 Å². The SMILES string of the molecule is C=C[Si](C)(O[Si](C)(C=C)c1ccccc1)c1ccccc1.[Pt+2]. The van der Waals surface area contributed by atoms with Gasteiger partial charge in [0.15, 0.2) is 0 Å². The predicted octanol–water partition coefficient (Wildman–Crippen LogP) is 3.42. The van der Waals surface area contributed by atoms with Gasteiger partial charge in [0.2, 0.25) is 16.6 Å².